The van der Waals surface area contributed by atoms with Crippen molar-refractivity contribution in [3.63, 3.8) is 0 Å². The van der Waals surface area contributed by atoms with E-state index in [0.29, 0.717) is 0 Å². The third-order valence-corrected chi connectivity index (χ3v) is 5.00. The smallest absolute Gasteiger partial charge is 0.244 e. The molecule has 6 nitrogen and oxygen atoms in total. The molecular formula is C21H19N5O. The van der Waals surface area contributed by atoms with Crippen molar-refractivity contribution in [2.45, 2.75) is 25.9 Å². The molecule has 0 fully saturated rings. The average molecular weight is 357 g/mol. The maximum Gasteiger partial charge on any atom is 0.244 e. The fourth-order valence-corrected chi connectivity index (χ4v) is 3.74. The highest BCUT2D eigenvalue weighted by Crippen LogP contribution is 2.27. The number of benzene rings is 2. The number of fused-ring (bicyclic) bond motifs is 2. The van der Waals surface area contributed by atoms with E-state index < -0.39 is 0 Å². The van der Waals surface area contributed by atoms with Crippen LogP contribution in [-0.4, -0.2) is 25.0 Å². The Labute approximate surface area is 156 Å². The predicted octanol–water partition coefficient (Wildman–Crippen LogP) is 3.48. The second-order valence-corrected chi connectivity index (χ2v) is 6.81. The zero-order valence-corrected chi connectivity index (χ0v) is 14.8. The van der Waals surface area contributed by atoms with Gasteiger partial charge in [-0.1, -0.05) is 24.3 Å². The van der Waals surface area contributed by atoms with Crippen molar-refractivity contribution < 1.29 is 4.79 Å². The van der Waals surface area contributed by atoms with Gasteiger partial charge in [0.05, 0.1) is 29.3 Å². The number of hydrogen-bond acceptors (Lipinski definition) is 3. The summed E-state index contributed by atoms with van der Waals surface area (Å²) < 4.78 is 4.12. The first kappa shape index (κ1) is 15.8. The summed E-state index contributed by atoms with van der Waals surface area (Å²) in [5, 5.41) is 3.00. The Morgan fingerprint density at radius 2 is 2.04 bits per heavy atom. The van der Waals surface area contributed by atoms with Crippen LogP contribution in [0.25, 0.3) is 22.3 Å². The normalized spacial score (nSPS) is 13.0. The molecule has 1 N–H and O–H groups in total. The van der Waals surface area contributed by atoms with Crippen molar-refractivity contribution in [1.82, 2.24) is 19.1 Å². The summed E-state index contributed by atoms with van der Waals surface area (Å²) >= 11 is 0. The summed E-state index contributed by atoms with van der Waals surface area (Å²) in [4.78, 5) is 21.4. The number of aryl methyl sites for hydroxylation is 1. The van der Waals surface area contributed by atoms with Gasteiger partial charge in [0.2, 0.25) is 5.91 Å². The van der Waals surface area contributed by atoms with E-state index in [9.17, 15) is 4.79 Å². The molecule has 0 spiro atoms. The first-order chi connectivity index (χ1) is 13.3. The number of anilines is 1. The minimum atomic E-state index is -0.0752. The highest BCUT2D eigenvalue weighted by molar-refractivity contribution is 5.92. The molecule has 6 heteroatoms. The number of para-hydroxylation sites is 2. The number of amides is 1. The van der Waals surface area contributed by atoms with Gasteiger partial charge >= 0.3 is 0 Å². The molecule has 27 heavy (non-hydrogen) atoms. The minimum absolute atomic E-state index is 0.0752. The molecule has 134 valence electrons. The number of rotatable bonds is 4. The lowest BCUT2D eigenvalue weighted by molar-refractivity contribution is -0.116. The van der Waals surface area contributed by atoms with Crippen LogP contribution in [0.3, 0.4) is 0 Å². The van der Waals surface area contributed by atoms with Crippen LogP contribution in [0.1, 0.15) is 12.2 Å². The van der Waals surface area contributed by atoms with Crippen molar-refractivity contribution in [1.29, 1.82) is 0 Å². The van der Waals surface area contributed by atoms with Crippen molar-refractivity contribution in [3.8, 4) is 11.3 Å². The lowest BCUT2D eigenvalue weighted by atomic mass is 10.1. The molecule has 0 saturated carbocycles. The molecule has 0 bridgehead atoms. The molecule has 1 aliphatic heterocycles. The summed E-state index contributed by atoms with van der Waals surface area (Å²) in [6.45, 7) is 1.24. The maximum absolute atomic E-state index is 12.5. The topological polar surface area (TPSA) is 64.7 Å². The van der Waals surface area contributed by atoms with Gasteiger partial charge in [0.1, 0.15) is 12.4 Å². The molecule has 3 heterocycles. The third-order valence-electron chi connectivity index (χ3n) is 5.00. The quantitative estimate of drug-likeness (QED) is 0.608. The number of nitrogens with one attached hydrogen (secondary N) is 1. The first-order valence-corrected chi connectivity index (χ1v) is 9.12. The summed E-state index contributed by atoms with van der Waals surface area (Å²) in [6.07, 6.45) is 5.81. The molecule has 0 saturated heterocycles. The highest BCUT2D eigenvalue weighted by Gasteiger charge is 2.17. The second-order valence-electron chi connectivity index (χ2n) is 6.81. The Balaban J connectivity index is 1.35. The van der Waals surface area contributed by atoms with Crippen LogP contribution in [0.4, 0.5) is 5.69 Å². The Bertz CT molecular complexity index is 1140. The Morgan fingerprint density at radius 3 is 3.00 bits per heavy atom. The summed E-state index contributed by atoms with van der Waals surface area (Å²) in [7, 11) is 0. The lowest BCUT2D eigenvalue weighted by Crippen LogP contribution is -2.18. The summed E-state index contributed by atoms with van der Waals surface area (Å²) in [5.41, 5.74) is 4.81. The van der Waals surface area contributed by atoms with Gasteiger partial charge in [0, 0.05) is 24.2 Å². The molecule has 1 aliphatic rings. The third kappa shape index (κ3) is 2.89. The zero-order chi connectivity index (χ0) is 18.2. The van der Waals surface area contributed by atoms with Gasteiger partial charge in [-0.25, -0.2) is 9.97 Å². The van der Waals surface area contributed by atoms with Crippen LogP contribution in [0.15, 0.2) is 61.1 Å². The number of nitrogens with zero attached hydrogens (tertiary/aromatic N) is 4. The second kappa shape index (κ2) is 6.39. The van der Waals surface area contributed by atoms with Crippen molar-refractivity contribution in [3.05, 3.63) is 66.9 Å². The van der Waals surface area contributed by atoms with E-state index in [4.69, 9.17) is 0 Å². The first-order valence-electron chi connectivity index (χ1n) is 9.12. The van der Waals surface area contributed by atoms with Crippen LogP contribution >= 0.6 is 0 Å². The van der Waals surface area contributed by atoms with E-state index in [1.54, 1.807) is 6.33 Å². The molecule has 4 aromatic rings. The van der Waals surface area contributed by atoms with E-state index in [2.05, 4.69) is 25.9 Å². The van der Waals surface area contributed by atoms with Crippen LogP contribution in [0, 0.1) is 0 Å². The fourth-order valence-electron chi connectivity index (χ4n) is 3.74. The Morgan fingerprint density at radius 1 is 1.11 bits per heavy atom. The molecule has 2 aromatic heterocycles. The average Bonchev–Trinajstić information content (AvgIpc) is 3.38. The van der Waals surface area contributed by atoms with Gasteiger partial charge in [-0.3, -0.25) is 4.79 Å². The van der Waals surface area contributed by atoms with Crippen LogP contribution in [0.2, 0.25) is 0 Å². The molecule has 0 aliphatic carbocycles. The molecule has 0 radical (unpaired) electrons. The van der Waals surface area contributed by atoms with Gasteiger partial charge in [0.25, 0.3) is 0 Å². The van der Waals surface area contributed by atoms with Gasteiger partial charge in [-0.05, 0) is 30.7 Å². The van der Waals surface area contributed by atoms with Gasteiger partial charge in [-0.15, -0.1) is 0 Å². The zero-order valence-electron chi connectivity index (χ0n) is 14.8. The number of aromatic nitrogens is 4. The van der Waals surface area contributed by atoms with E-state index in [1.165, 1.54) is 0 Å². The van der Waals surface area contributed by atoms with E-state index >= 15 is 0 Å². The molecular weight excluding hydrogens is 338 g/mol. The van der Waals surface area contributed by atoms with Crippen LogP contribution in [-0.2, 0) is 24.3 Å². The largest absolute Gasteiger partial charge is 0.328 e. The Kier molecular flexibility index (Phi) is 3.74. The van der Waals surface area contributed by atoms with Gasteiger partial charge in [-0.2, -0.15) is 0 Å². The van der Waals surface area contributed by atoms with E-state index in [-0.39, 0.29) is 12.5 Å². The maximum atomic E-state index is 12.5. The van der Waals surface area contributed by atoms with Gasteiger partial charge < -0.3 is 14.5 Å². The molecule has 0 atom stereocenters. The van der Waals surface area contributed by atoms with Crippen molar-refractivity contribution in [2.75, 3.05) is 5.32 Å². The lowest BCUT2D eigenvalue weighted by Gasteiger charge is -2.10. The molecule has 2 aromatic carbocycles. The summed E-state index contributed by atoms with van der Waals surface area (Å²) in [6, 6.07) is 15.7. The molecule has 0 unspecified atom stereocenters. The van der Waals surface area contributed by atoms with Gasteiger partial charge in [0.15, 0.2) is 0 Å². The standard InChI is InChI=1S/C21H19N5O/c27-21(13-25-14-23-17-7-1-2-8-18(17)25)24-16-6-3-5-15(11-16)19-12-22-20-9-4-10-26(19)20/h1-3,5-8,11-12,14H,4,9-10,13H2,(H,24,27). The van der Waals surface area contributed by atoms with E-state index in [1.807, 2.05) is 53.2 Å². The van der Waals surface area contributed by atoms with E-state index in [0.717, 1.165) is 53.2 Å². The molecule has 1 amide bonds. The highest BCUT2D eigenvalue weighted by atomic mass is 16.1. The fraction of sp³-hybridized carbons (Fsp3) is 0.190. The minimum Gasteiger partial charge on any atom is -0.328 e. The number of carbonyl (C=O) groups excluding carboxylic acids is 1. The molecule has 5 rings (SSSR count). The van der Waals surface area contributed by atoms with Crippen LogP contribution in [0.5, 0.6) is 0 Å². The van der Waals surface area contributed by atoms with Crippen LogP contribution < -0.4 is 5.32 Å². The van der Waals surface area contributed by atoms with Crippen molar-refractivity contribution in [2.24, 2.45) is 0 Å². The monoisotopic (exact) mass is 357 g/mol. The summed E-state index contributed by atoms with van der Waals surface area (Å²) in [5.74, 6) is 1.07. The SMILES string of the molecule is O=C(Cn1cnc2ccccc21)Nc1cccc(-c2cnc3n2CCC3)c1. The Hall–Kier alpha value is -3.41. The van der Waals surface area contributed by atoms with Crippen molar-refractivity contribution >= 4 is 22.6 Å². The number of carbonyl (C=O) groups is 1. The predicted molar refractivity (Wildman–Crippen MR) is 104 cm³/mol. The number of hydrogen-bond donors (Lipinski definition) is 1. The number of imidazole rings is 2.